The van der Waals surface area contributed by atoms with Crippen LogP contribution in [0.1, 0.15) is 12.0 Å². The molecule has 1 atom stereocenters. The molecule has 1 heterocycles. The van der Waals surface area contributed by atoms with Gasteiger partial charge >= 0.3 is 0 Å². The van der Waals surface area contributed by atoms with Gasteiger partial charge in [0.1, 0.15) is 5.82 Å². The maximum absolute atomic E-state index is 13.4. The second kappa shape index (κ2) is 6.92. The molecule has 0 bridgehead atoms. The Morgan fingerprint density at radius 2 is 2.33 bits per heavy atom. The first-order valence-corrected chi connectivity index (χ1v) is 5.97. The Morgan fingerprint density at radius 3 is 2.94 bits per heavy atom. The molecule has 0 spiro atoms. The predicted octanol–water partition coefficient (Wildman–Crippen LogP) is 1.92. The van der Waals surface area contributed by atoms with Gasteiger partial charge in [-0.3, -0.25) is 4.79 Å². The zero-order chi connectivity index (χ0) is 12.3. The highest BCUT2D eigenvalue weighted by atomic mass is 35.5. The summed E-state index contributed by atoms with van der Waals surface area (Å²) in [5.41, 5.74) is 0.262. The maximum Gasteiger partial charge on any atom is 0.224 e. The van der Waals surface area contributed by atoms with E-state index >= 15 is 0 Å². The molecule has 0 saturated carbocycles. The van der Waals surface area contributed by atoms with Crippen LogP contribution in [0.15, 0.2) is 18.2 Å². The highest BCUT2D eigenvalue weighted by molar-refractivity contribution is 6.31. The zero-order valence-corrected chi connectivity index (χ0v) is 11.3. The summed E-state index contributed by atoms with van der Waals surface area (Å²) in [6.07, 6.45) is 0.902. The van der Waals surface area contributed by atoms with E-state index in [9.17, 15) is 9.18 Å². The Balaban J connectivity index is 0.00000162. The van der Waals surface area contributed by atoms with Gasteiger partial charge in [-0.2, -0.15) is 0 Å². The number of nitrogens with one attached hydrogen (secondary N) is 2. The van der Waals surface area contributed by atoms with Crippen LogP contribution in [0.2, 0.25) is 5.02 Å². The molecule has 1 saturated heterocycles. The smallest absolute Gasteiger partial charge is 0.224 e. The third-order valence-corrected chi connectivity index (χ3v) is 3.18. The fraction of sp³-hybridized carbons (Fsp3) is 0.417. The summed E-state index contributed by atoms with van der Waals surface area (Å²) < 4.78 is 13.4. The summed E-state index contributed by atoms with van der Waals surface area (Å²) in [6, 6.07) is 4.57. The van der Waals surface area contributed by atoms with E-state index in [1.165, 1.54) is 12.1 Å². The Bertz CT molecular complexity index is 402. The normalized spacial score (nSPS) is 18.2. The van der Waals surface area contributed by atoms with E-state index in [2.05, 4.69) is 10.6 Å². The van der Waals surface area contributed by atoms with Gasteiger partial charge in [0.15, 0.2) is 0 Å². The molecule has 1 amide bonds. The van der Waals surface area contributed by atoms with Crippen LogP contribution in [-0.2, 0) is 11.2 Å². The van der Waals surface area contributed by atoms with Crippen LogP contribution >= 0.6 is 24.0 Å². The van der Waals surface area contributed by atoms with E-state index in [0.29, 0.717) is 5.02 Å². The summed E-state index contributed by atoms with van der Waals surface area (Å²) in [6.45, 7) is 1.68. The van der Waals surface area contributed by atoms with Gasteiger partial charge in [0.25, 0.3) is 0 Å². The molecule has 1 aliphatic rings. The molecule has 1 unspecified atom stereocenters. The third kappa shape index (κ3) is 3.83. The summed E-state index contributed by atoms with van der Waals surface area (Å²) in [5.74, 6) is -0.622. The lowest BCUT2D eigenvalue weighted by atomic mass is 10.1. The van der Waals surface area contributed by atoms with E-state index in [1.54, 1.807) is 6.07 Å². The van der Waals surface area contributed by atoms with Crippen LogP contribution in [0.3, 0.4) is 0 Å². The van der Waals surface area contributed by atoms with Crippen molar-refractivity contribution in [2.75, 3.05) is 13.1 Å². The molecule has 0 radical (unpaired) electrons. The largest absolute Gasteiger partial charge is 0.352 e. The van der Waals surface area contributed by atoms with Gasteiger partial charge < -0.3 is 10.6 Å². The molecule has 100 valence electrons. The van der Waals surface area contributed by atoms with Crippen LogP contribution in [0.5, 0.6) is 0 Å². The lowest BCUT2D eigenvalue weighted by molar-refractivity contribution is -0.121. The average molecular weight is 293 g/mol. The minimum absolute atomic E-state index is 0. The Kier molecular flexibility index (Phi) is 5.85. The molecule has 3 nitrogen and oxygen atoms in total. The van der Waals surface area contributed by atoms with Gasteiger partial charge in [0.05, 0.1) is 6.42 Å². The monoisotopic (exact) mass is 292 g/mol. The van der Waals surface area contributed by atoms with Gasteiger partial charge in [0.2, 0.25) is 5.91 Å². The van der Waals surface area contributed by atoms with Crippen LogP contribution in [0.25, 0.3) is 0 Å². The summed E-state index contributed by atoms with van der Waals surface area (Å²) in [5, 5.41) is 6.30. The lowest BCUT2D eigenvalue weighted by Crippen LogP contribution is -2.37. The average Bonchev–Trinajstić information content (AvgIpc) is 2.76. The SMILES string of the molecule is Cl.O=C(Cc1c(F)cccc1Cl)NC1CCNC1. The van der Waals surface area contributed by atoms with Gasteiger partial charge in [0, 0.05) is 23.2 Å². The fourth-order valence-corrected chi connectivity index (χ4v) is 2.15. The fourth-order valence-electron chi connectivity index (χ4n) is 1.92. The van der Waals surface area contributed by atoms with E-state index in [4.69, 9.17) is 11.6 Å². The van der Waals surface area contributed by atoms with Crippen LogP contribution < -0.4 is 10.6 Å². The Labute approximate surface area is 116 Å². The van der Waals surface area contributed by atoms with Crippen molar-refractivity contribution >= 4 is 29.9 Å². The topological polar surface area (TPSA) is 41.1 Å². The molecular weight excluding hydrogens is 278 g/mol. The number of hydrogen-bond donors (Lipinski definition) is 2. The van der Waals surface area contributed by atoms with Gasteiger partial charge in [-0.15, -0.1) is 12.4 Å². The van der Waals surface area contributed by atoms with Crippen molar-refractivity contribution in [3.8, 4) is 0 Å². The Morgan fingerprint density at radius 1 is 1.56 bits per heavy atom. The highest BCUT2D eigenvalue weighted by Crippen LogP contribution is 2.19. The summed E-state index contributed by atoms with van der Waals surface area (Å²) >= 11 is 5.86. The molecule has 0 aliphatic carbocycles. The van der Waals surface area contributed by atoms with Crippen LogP contribution in [-0.4, -0.2) is 25.0 Å². The first-order valence-electron chi connectivity index (χ1n) is 5.60. The third-order valence-electron chi connectivity index (χ3n) is 2.82. The van der Waals surface area contributed by atoms with Crippen molar-refractivity contribution in [1.29, 1.82) is 0 Å². The molecule has 1 fully saturated rings. The van der Waals surface area contributed by atoms with E-state index in [-0.39, 0.29) is 36.3 Å². The standard InChI is InChI=1S/C12H14ClFN2O.ClH/c13-10-2-1-3-11(14)9(10)6-12(17)16-8-4-5-15-7-8;/h1-3,8,15H,4-7H2,(H,16,17);1H. The lowest BCUT2D eigenvalue weighted by Gasteiger charge is -2.12. The zero-order valence-electron chi connectivity index (χ0n) is 9.71. The molecule has 0 aromatic heterocycles. The van der Waals surface area contributed by atoms with Gasteiger partial charge in [-0.05, 0) is 25.1 Å². The van der Waals surface area contributed by atoms with Crippen molar-refractivity contribution in [2.45, 2.75) is 18.9 Å². The quantitative estimate of drug-likeness (QED) is 0.894. The number of rotatable bonds is 3. The molecule has 18 heavy (non-hydrogen) atoms. The molecule has 6 heteroatoms. The number of carbonyl (C=O) groups excluding carboxylic acids is 1. The predicted molar refractivity (Wildman–Crippen MR) is 71.8 cm³/mol. The van der Waals surface area contributed by atoms with Crippen LogP contribution in [0, 0.1) is 5.82 Å². The number of amides is 1. The number of hydrogen-bond acceptors (Lipinski definition) is 2. The van der Waals surface area contributed by atoms with E-state index < -0.39 is 5.82 Å². The summed E-state index contributed by atoms with van der Waals surface area (Å²) in [4.78, 5) is 11.7. The number of carbonyl (C=O) groups is 1. The first-order chi connectivity index (χ1) is 8.16. The highest BCUT2D eigenvalue weighted by Gasteiger charge is 2.18. The first kappa shape index (κ1) is 15.2. The molecule has 2 rings (SSSR count). The second-order valence-electron chi connectivity index (χ2n) is 4.13. The van der Waals surface area contributed by atoms with Crippen molar-refractivity contribution in [3.63, 3.8) is 0 Å². The molecular formula is C12H15Cl2FN2O. The second-order valence-corrected chi connectivity index (χ2v) is 4.54. The van der Waals surface area contributed by atoms with Crippen molar-refractivity contribution < 1.29 is 9.18 Å². The molecule has 1 aromatic carbocycles. The Hall–Kier alpha value is -0.840. The maximum atomic E-state index is 13.4. The minimum atomic E-state index is -0.433. The molecule has 1 aliphatic heterocycles. The number of benzene rings is 1. The molecule has 1 aromatic rings. The van der Waals surface area contributed by atoms with Crippen molar-refractivity contribution in [3.05, 3.63) is 34.6 Å². The van der Waals surface area contributed by atoms with E-state index in [1.807, 2.05) is 0 Å². The number of halogens is 3. The molecule has 2 N–H and O–H groups in total. The van der Waals surface area contributed by atoms with Crippen molar-refractivity contribution in [2.24, 2.45) is 0 Å². The van der Waals surface area contributed by atoms with Crippen molar-refractivity contribution in [1.82, 2.24) is 10.6 Å². The summed E-state index contributed by atoms with van der Waals surface area (Å²) in [7, 11) is 0. The van der Waals surface area contributed by atoms with E-state index in [0.717, 1.165) is 19.5 Å². The van der Waals surface area contributed by atoms with Gasteiger partial charge in [-0.25, -0.2) is 4.39 Å². The van der Waals surface area contributed by atoms with Gasteiger partial charge in [-0.1, -0.05) is 17.7 Å². The van der Waals surface area contributed by atoms with Crippen LogP contribution in [0.4, 0.5) is 4.39 Å². The minimum Gasteiger partial charge on any atom is -0.352 e.